The van der Waals surface area contributed by atoms with E-state index in [1.54, 1.807) is 13.8 Å². The van der Waals surface area contributed by atoms with Crippen molar-refractivity contribution in [3.8, 4) is 6.07 Å². The van der Waals surface area contributed by atoms with E-state index in [-0.39, 0.29) is 17.5 Å². The maximum atomic E-state index is 12.9. The molecule has 0 unspecified atom stereocenters. The normalized spacial score (nSPS) is 41.3. The quantitative estimate of drug-likeness (QED) is 0.751. The third kappa shape index (κ3) is 1.57. The van der Waals surface area contributed by atoms with Crippen molar-refractivity contribution in [3.63, 3.8) is 0 Å². The highest BCUT2D eigenvalue weighted by molar-refractivity contribution is 6.23. The number of amides is 2. The van der Waals surface area contributed by atoms with Crippen LogP contribution in [0.3, 0.4) is 0 Å². The van der Waals surface area contributed by atoms with Crippen molar-refractivity contribution in [2.24, 2.45) is 11.8 Å². The van der Waals surface area contributed by atoms with Crippen LogP contribution in [0.25, 0.3) is 0 Å². The molecule has 4 rings (SSSR count). The predicted octanol–water partition coefficient (Wildman–Crippen LogP) is 0.371. The Kier molecular flexibility index (Phi) is 2.59. The number of aliphatic hydroxyl groups excluding tert-OH is 1. The van der Waals surface area contributed by atoms with Crippen molar-refractivity contribution in [1.82, 2.24) is 4.98 Å². The highest BCUT2D eigenvalue weighted by atomic mass is 16.6. The van der Waals surface area contributed by atoms with Crippen molar-refractivity contribution in [1.29, 1.82) is 5.26 Å². The average molecular weight is 313 g/mol. The van der Waals surface area contributed by atoms with E-state index >= 15 is 0 Å². The molecule has 0 aromatic carbocycles. The third-order valence-corrected chi connectivity index (χ3v) is 5.41. The molecule has 1 N–H and O–H groups in total. The summed E-state index contributed by atoms with van der Waals surface area (Å²) in [6, 6.07) is 4.84. The largest absolute Gasteiger partial charge is 0.390 e. The molecule has 0 saturated carbocycles. The fourth-order valence-electron chi connectivity index (χ4n) is 4.40. The molecular weight excluding hydrogens is 298 g/mol. The highest BCUT2D eigenvalue weighted by Crippen LogP contribution is 2.60. The second kappa shape index (κ2) is 4.16. The van der Waals surface area contributed by atoms with E-state index < -0.39 is 29.1 Å². The molecule has 23 heavy (non-hydrogen) atoms. The molecule has 118 valence electrons. The number of anilines is 1. The van der Waals surface area contributed by atoms with Gasteiger partial charge in [-0.25, -0.2) is 9.88 Å². The molecule has 5 atom stereocenters. The molecule has 3 saturated heterocycles. The Morgan fingerprint density at radius 1 is 1.39 bits per heavy atom. The van der Waals surface area contributed by atoms with Crippen LogP contribution < -0.4 is 4.90 Å². The van der Waals surface area contributed by atoms with Gasteiger partial charge in [0.25, 0.3) is 0 Å². The molecule has 3 fully saturated rings. The maximum Gasteiger partial charge on any atom is 0.240 e. The number of aromatic nitrogens is 1. The molecule has 2 bridgehead atoms. The molecule has 1 aromatic rings. The Balaban J connectivity index is 1.81. The van der Waals surface area contributed by atoms with Crippen LogP contribution >= 0.6 is 0 Å². The van der Waals surface area contributed by atoms with Gasteiger partial charge < -0.3 is 9.84 Å². The molecular formula is C16H15N3O4. The predicted molar refractivity (Wildman–Crippen MR) is 76.9 cm³/mol. The monoisotopic (exact) mass is 313 g/mol. The van der Waals surface area contributed by atoms with E-state index in [0.717, 1.165) is 4.90 Å². The number of fused-ring (bicyclic) bond motifs is 5. The minimum absolute atomic E-state index is 0.136. The molecule has 0 spiro atoms. The van der Waals surface area contributed by atoms with Crippen LogP contribution in [0, 0.1) is 23.2 Å². The number of hydrogen-bond acceptors (Lipinski definition) is 6. The summed E-state index contributed by atoms with van der Waals surface area (Å²) in [4.78, 5) is 30.7. The van der Waals surface area contributed by atoms with Crippen LogP contribution in [-0.4, -0.2) is 39.2 Å². The number of aliphatic hydroxyl groups is 1. The Bertz CT molecular complexity index is 788. The lowest BCUT2D eigenvalue weighted by molar-refractivity contribution is -0.132. The molecule has 0 aliphatic carbocycles. The summed E-state index contributed by atoms with van der Waals surface area (Å²) >= 11 is 0. The summed E-state index contributed by atoms with van der Waals surface area (Å²) in [7, 11) is 0. The molecule has 0 radical (unpaired) electrons. The number of ether oxygens (including phenoxy) is 1. The summed E-state index contributed by atoms with van der Waals surface area (Å²) in [5.74, 6) is -2.04. The number of carbonyl (C=O) groups excluding carboxylic acids is 2. The second-order valence-electron chi connectivity index (χ2n) is 6.80. The topological polar surface area (TPSA) is 104 Å². The SMILES string of the molecule is C[C@@]12O[C@](C)(C[C@@H]1O)[C@H]1C(=O)N(c3ccnc(C#N)c3)C(=O)[C@H]12. The Morgan fingerprint density at radius 2 is 2.09 bits per heavy atom. The van der Waals surface area contributed by atoms with E-state index in [0.29, 0.717) is 12.1 Å². The van der Waals surface area contributed by atoms with Gasteiger partial charge >= 0.3 is 0 Å². The fraction of sp³-hybridized carbons (Fsp3) is 0.500. The maximum absolute atomic E-state index is 12.9. The van der Waals surface area contributed by atoms with E-state index in [1.807, 2.05) is 6.07 Å². The summed E-state index contributed by atoms with van der Waals surface area (Å²) in [5, 5.41) is 19.2. The van der Waals surface area contributed by atoms with Gasteiger partial charge in [-0.15, -0.1) is 0 Å². The number of pyridine rings is 1. The Hall–Kier alpha value is -2.30. The van der Waals surface area contributed by atoms with Gasteiger partial charge in [0.15, 0.2) is 0 Å². The summed E-state index contributed by atoms with van der Waals surface area (Å²) in [6.45, 7) is 3.46. The Labute approximate surface area is 132 Å². The number of hydrogen-bond donors (Lipinski definition) is 1. The molecule has 3 aliphatic heterocycles. The zero-order valence-electron chi connectivity index (χ0n) is 12.7. The van der Waals surface area contributed by atoms with E-state index in [1.165, 1.54) is 18.3 Å². The van der Waals surface area contributed by atoms with Crippen molar-refractivity contribution in [2.45, 2.75) is 37.6 Å². The first-order chi connectivity index (χ1) is 10.8. The number of nitrogens with zero attached hydrogens (tertiary/aromatic N) is 3. The van der Waals surface area contributed by atoms with E-state index in [2.05, 4.69) is 4.98 Å². The fourth-order valence-corrected chi connectivity index (χ4v) is 4.40. The van der Waals surface area contributed by atoms with Gasteiger partial charge in [0.2, 0.25) is 11.8 Å². The van der Waals surface area contributed by atoms with Crippen molar-refractivity contribution in [2.75, 3.05) is 4.90 Å². The van der Waals surface area contributed by atoms with Gasteiger partial charge in [-0.1, -0.05) is 0 Å². The van der Waals surface area contributed by atoms with Crippen LogP contribution in [-0.2, 0) is 14.3 Å². The number of imide groups is 1. The number of carbonyl (C=O) groups is 2. The summed E-state index contributed by atoms with van der Waals surface area (Å²) < 4.78 is 5.91. The highest BCUT2D eigenvalue weighted by Gasteiger charge is 2.75. The summed E-state index contributed by atoms with van der Waals surface area (Å²) in [6.07, 6.45) is 0.945. The van der Waals surface area contributed by atoms with Crippen LogP contribution in [0.15, 0.2) is 18.3 Å². The van der Waals surface area contributed by atoms with Gasteiger partial charge in [-0.05, 0) is 26.0 Å². The first-order valence-corrected chi connectivity index (χ1v) is 7.44. The zero-order valence-corrected chi connectivity index (χ0v) is 12.7. The average Bonchev–Trinajstić information content (AvgIpc) is 3.01. The number of rotatable bonds is 1. The van der Waals surface area contributed by atoms with Crippen LogP contribution in [0.5, 0.6) is 0 Å². The molecule has 1 aromatic heterocycles. The first kappa shape index (κ1) is 14.3. The van der Waals surface area contributed by atoms with E-state index in [9.17, 15) is 14.7 Å². The van der Waals surface area contributed by atoms with E-state index in [4.69, 9.17) is 10.00 Å². The standard InChI is InChI=1S/C16H15N3O4/c1-15-6-10(20)16(2,23-15)12-11(15)13(21)19(14(12)22)9-3-4-18-8(5-9)7-17/h3-5,10-12,20H,6H2,1-2H3/t10-,11+,12-,15+,16+/m0/s1. The van der Waals surface area contributed by atoms with Crippen LogP contribution in [0.4, 0.5) is 5.69 Å². The van der Waals surface area contributed by atoms with Crippen LogP contribution in [0.1, 0.15) is 26.0 Å². The molecule has 7 heteroatoms. The summed E-state index contributed by atoms with van der Waals surface area (Å²) in [5.41, 5.74) is -1.42. The zero-order chi connectivity index (χ0) is 16.6. The van der Waals surface area contributed by atoms with Crippen molar-refractivity contribution < 1.29 is 19.4 Å². The smallest absolute Gasteiger partial charge is 0.240 e. The molecule has 3 aliphatic rings. The lowest BCUT2D eigenvalue weighted by Crippen LogP contribution is -2.49. The first-order valence-electron chi connectivity index (χ1n) is 7.44. The molecule has 2 amide bonds. The molecule has 4 heterocycles. The van der Waals surface area contributed by atoms with Crippen molar-refractivity contribution >= 4 is 17.5 Å². The lowest BCUT2D eigenvalue weighted by Gasteiger charge is -2.31. The Morgan fingerprint density at radius 3 is 2.78 bits per heavy atom. The lowest BCUT2D eigenvalue weighted by atomic mass is 9.67. The number of nitriles is 1. The second-order valence-corrected chi connectivity index (χ2v) is 6.80. The van der Waals surface area contributed by atoms with Crippen LogP contribution in [0.2, 0.25) is 0 Å². The molecule has 7 nitrogen and oxygen atoms in total. The third-order valence-electron chi connectivity index (χ3n) is 5.41. The van der Waals surface area contributed by atoms with Crippen molar-refractivity contribution in [3.05, 3.63) is 24.0 Å². The van der Waals surface area contributed by atoms with Gasteiger partial charge in [0, 0.05) is 12.6 Å². The van der Waals surface area contributed by atoms with Gasteiger partial charge in [0.1, 0.15) is 17.4 Å². The minimum atomic E-state index is -1.05. The minimum Gasteiger partial charge on any atom is -0.390 e. The van der Waals surface area contributed by atoms with Gasteiger partial charge in [-0.2, -0.15) is 5.26 Å². The van der Waals surface area contributed by atoms with Gasteiger partial charge in [0.05, 0.1) is 29.2 Å². The van der Waals surface area contributed by atoms with Gasteiger partial charge in [-0.3, -0.25) is 9.59 Å².